The quantitative estimate of drug-likeness (QED) is 0.457. The molecule has 1 aliphatic heterocycles. The van der Waals surface area contributed by atoms with Crippen molar-refractivity contribution in [1.29, 1.82) is 0 Å². The molecule has 3 heterocycles. The number of rotatable bonds is 5. The van der Waals surface area contributed by atoms with Gasteiger partial charge in [-0.05, 0) is 61.2 Å². The molecule has 176 valence electrons. The highest BCUT2D eigenvalue weighted by Gasteiger charge is 2.33. The van der Waals surface area contributed by atoms with Gasteiger partial charge in [0.05, 0.1) is 5.69 Å². The number of amides is 1. The third-order valence-electron chi connectivity index (χ3n) is 6.83. The molecular weight excluding hydrogens is 440 g/mol. The summed E-state index contributed by atoms with van der Waals surface area (Å²) in [5.74, 6) is 2.02. The van der Waals surface area contributed by atoms with Crippen LogP contribution in [0.25, 0.3) is 22.6 Å². The number of hydrogen-bond donors (Lipinski definition) is 2. The van der Waals surface area contributed by atoms with E-state index in [4.69, 9.17) is 10.7 Å². The summed E-state index contributed by atoms with van der Waals surface area (Å²) in [5, 5.41) is 7.94. The molecule has 1 saturated carbocycles. The number of anilines is 4. The van der Waals surface area contributed by atoms with Crippen LogP contribution in [-0.4, -0.2) is 37.2 Å². The van der Waals surface area contributed by atoms with Crippen molar-refractivity contribution in [2.45, 2.75) is 25.7 Å². The molecular formula is C26H26N8O. The summed E-state index contributed by atoms with van der Waals surface area (Å²) in [6, 6.07) is 15.9. The highest BCUT2D eigenvalue weighted by atomic mass is 16.2. The largest absolute Gasteiger partial charge is 0.368 e. The van der Waals surface area contributed by atoms with E-state index in [0.29, 0.717) is 11.8 Å². The van der Waals surface area contributed by atoms with Gasteiger partial charge in [0.15, 0.2) is 5.82 Å². The van der Waals surface area contributed by atoms with Crippen LogP contribution < -0.4 is 16.0 Å². The highest BCUT2D eigenvalue weighted by Crippen LogP contribution is 2.36. The molecule has 0 spiro atoms. The number of nitrogens with two attached hydrogens (primary N) is 1. The Labute approximate surface area is 203 Å². The van der Waals surface area contributed by atoms with Crippen LogP contribution >= 0.6 is 0 Å². The maximum absolute atomic E-state index is 12.8. The Kier molecular flexibility index (Phi) is 5.17. The molecule has 35 heavy (non-hydrogen) atoms. The third kappa shape index (κ3) is 3.99. The van der Waals surface area contributed by atoms with E-state index >= 15 is 0 Å². The maximum atomic E-state index is 12.8. The van der Waals surface area contributed by atoms with E-state index in [9.17, 15) is 4.79 Å². The Balaban J connectivity index is 1.19. The zero-order valence-corrected chi connectivity index (χ0v) is 19.5. The third-order valence-corrected chi connectivity index (χ3v) is 6.83. The predicted octanol–water partition coefficient (Wildman–Crippen LogP) is 3.95. The average molecular weight is 467 g/mol. The first kappa shape index (κ1) is 21.3. The Morgan fingerprint density at radius 2 is 1.86 bits per heavy atom. The lowest BCUT2D eigenvalue weighted by atomic mass is 9.84. The summed E-state index contributed by atoms with van der Waals surface area (Å²) in [5.41, 5.74) is 11.5. The number of nitrogens with zero attached hydrogens (tertiary/aromatic N) is 6. The first-order valence-corrected chi connectivity index (χ1v) is 11.9. The summed E-state index contributed by atoms with van der Waals surface area (Å²) < 4.78 is 1.73. The van der Waals surface area contributed by atoms with Crippen LogP contribution in [0.5, 0.6) is 0 Å². The molecule has 6 rings (SSSR count). The summed E-state index contributed by atoms with van der Waals surface area (Å²) in [4.78, 5) is 27.6. The molecule has 2 aromatic heterocycles. The highest BCUT2D eigenvalue weighted by molar-refractivity contribution is 5.97. The second-order valence-corrected chi connectivity index (χ2v) is 9.10. The second-order valence-electron chi connectivity index (χ2n) is 9.10. The lowest BCUT2D eigenvalue weighted by Crippen LogP contribution is -2.37. The monoisotopic (exact) mass is 466 g/mol. The molecule has 4 aromatic rings. The number of nitrogen functional groups attached to an aromatic ring is 1. The molecule has 0 radical (unpaired) electrons. The molecule has 1 fully saturated rings. The molecule has 2 aliphatic rings. The fourth-order valence-electron chi connectivity index (χ4n) is 4.65. The minimum atomic E-state index is 0.208. The first-order valence-electron chi connectivity index (χ1n) is 11.9. The predicted molar refractivity (Wildman–Crippen MR) is 135 cm³/mol. The average Bonchev–Trinajstić information content (AvgIpc) is 3.41. The minimum Gasteiger partial charge on any atom is -0.368 e. The standard InChI is InChI=1S/C26H26N8O/c1-33-26(29-20-8-5-16(6-9-20)21-11-13-28-25(27)30-21)31-23(32-33)19-7-10-22-18(15-19)12-14-34(22)24(35)17-3-2-4-17/h5-11,13,15,17H,2-4,12,14H2,1H3,(H2,27,28,30)(H,29,31,32). The van der Waals surface area contributed by atoms with Gasteiger partial charge < -0.3 is 16.0 Å². The van der Waals surface area contributed by atoms with Gasteiger partial charge in [0.25, 0.3) is 0 Å². The van der Waals surface area contributed by atoms with E-state index in [0.717, 1.165) is 54.0 Å². The van der Waals surface area contributed by atoms with Gasteiger partial charge in [-0.1, -0.05) is 18.6 Å². The normalized spacial score (nSPS) is 15.1. The SMILES string of the molecule is Cn1nc(-c2ccc3c(c2)CCN3C(=O)C2CCC2)nc1Nc1ccc(-c2ccnc(N)n2)cc1. The Hall–Kier alpha value is -4.27. The molecule has 1 amide bonds. The molecule has 3 N–H and O–H groups in total. The molecule has 0 saturated heterocycles. The van der Waals surface area contributed by atoms with Gasteiger partial charge in [-0.3, -0.25) is 4.79 Å². The zero-order valence-electron chi connectivity index (χ0n) is 19.5. The number of nitrogens with one attached hydrogen (secondary N) is 1. The van der Waals surface area contributed by atoms with Crippen molar-refractivity contribution < 1.29 is 4.79 Å². The minimum absolute atomic E-state index is 0.208. The summed E-state index contributed by atoms with van der Waals surface area (Å²) in [7, 11) is 1.86. The molecule has 0 atom stereocenters. The van der Waals surface area contributed by atoms with Crippen LogP contribution in [-0.2, 0) is 18.3 Å². The van der Waals surface area contributed by atoms with Crippen LogP contribution in [0.15, 0.2) is 54.7 Å². The Morgan fingerprint density at radius 3 is 2.60 bits per heavy atom. The van der Waals surface area contributed by atoms with E-state index in [-0.39, 0.29) is 17.8 Å². The molecule has 0 unspecified atom stereocenters. The van der Waals surface area contributed by atoms with Gasteiger partial charge >= 0.3 is 0 Å². The van der Waals surface area contributed by atoms with E-state index in [1.54, 1.807) is 10.9 Å². The summed E-state index contributed by atoms with van der Waals surface area (Å²) >= 11 is 0. The van der Waals surface area contributed by atoms with Gasteiger partial charge in [-0.25, -0.2) is 14.6 Å². The number of fused-ring (bicyclic) bond motifs is 1. The molecule has 9 heteroatoms. The van der Waals surface area contributed by atoms with Crippen molar-refractivity contribution in [2.75, 3.05) is 22.5 Å². The number of carbonyl (C=O) groups is 1. The number of carbonyl (C=O) groups excluding carboxylic acids is 1. The van der Waals surface area contributed by atoms with Crippen molar-refractivity contribution in [3.63, 3.8) is 0 Å². The van der Waals surface area contributed by atoms with Gasteiger partial charge in [-0.2, -0.15) is 4.98 Å². The van der Waals surface area contributed by atoms with Crippen molar-refractivity contribution in [1.82, 2.24) is 24.7 Å². The smallest absolute Gasteiger partial charge is 0.230 e. The number of aryl methyl sites for hydroxylation is 1. The fourth-order valence-corrected chi connectivity index (χ4v) is 4.65. The molecule has 1 aliphatic carbocycles. The van der Waals surface area contributed by atoms with E-state index in [1.807, 2.05) is 54.4 Å². The van der Waals surface area contributed by atoms with E-state index < -0.39 is 0 Å². The molecule has 0 bridgehead atoms. The molecule has 9 nitrogen and oxygen atoms in total. The van der Waals surface area contributed by atoms with Crippen LogP contribution in [0.4, 0.5) is 23.3 Å². The van der Waals surface area contributed by atoms with Crippen molar-refractivity contribution in [3.05, 3.63) is 60.3 Å². The van der Waals surface area contributed by atoms with E-state index in [2.05, 4.69) is 26.4 Å². The number of aromatic nitrogens is 5. The Bertz CT molecular complexity index is 1410. The first-order chi connectivity index (χ1) is 17.0. The number of hydrogen-bond acceptors (Lipinski definition) is 7. The van der Waals surface area contributed by atoms with E-state index in [1.165, 1.54) is 12.0 Å². The van der Waals surface area contributed by atoms with Crippen molar-refractivity contribution >= 4 is 29.2 Å². The van der Waals surface area contributed by atoms with Crippen LogP contribution in [0, 0.1) is 5.92 Å². The van der Waals surface area contributed by atoms with Crippen LogP contribution in [0.2, 0.25) is 0 Å². The zero-order chi connectivity index (χ0) is 23.9. The lowest BCUT2D eigenvalue weighted by molar-refractivity contribution is -0.124. The maximum Gasteiger partial charge on any atom is 0.230 e. The van der Waals surface area contributed by atoms with Crippen LogP contribution in [0.1, 0.15) is 24.8 Å². The van der Waals surface area contributed by atoms with Gasteiger partial charge in [0, 0.05) is 48.2 Å². The summed E-state index contributed by atoms with van der Waals surface area (Å²) in [6.45, 7) is 0.758. The van der Waals surface area contributed by atoms with Crippen molar-refractivity contribution in [3.8, 4) is 22.6 Å². The van der Waals surface area contributed by atoms with Crippen molar-refractivity contribution in [2.24, 2.45) is 13.0 Å². The fraction of sp³-hybridized carbons (Fsp3) is 0.269. The number of benzene rings is 2. The van der Waals surface area contributed by atoms with Gasteiger partial charge in [0.1, 0.15) is 0 Å². The van der Waals surface area contributed by atoms with Gasteiger partial charge in [0.2, 0.25) is 17.8 Å². The van der Waals surface area contributed by atoms with Crippen LogP contribution in [0.3, 0.4) is 0 Å². The topological polar surface area (TPSA) is 115 Å². The Morgan fingerprint density at radius 1 is 1.06 bits per heavy atom. The van der Waals surface area contributed by atoms with Gasteiger partial charge in [-0.15, -0.1) is 5.10 Å². The molecule has 2 aromatic carbocycles. The lowest BCUT2D eigenvalue weighted by Gasteiger charge is -2.29. The summed E-state index contributed by atoms with van der Waals surface area (Å²) in [6.07, 6.45) is 5.72. The second kappa shape index (κ2) is 8.50.